The lowest BCUT2D eigenvalue weighted by Gasteiger charge is -2.06. The molecule has 9 nitrogen and oxygen atoms in total. The number of nitrogens with two attached hydrogens (primary N) is 1. The summed E-state index contributed by atoms with van der Waals surface area (Å²) in [7, 11) is 1.24. The number of anilines is 2. The topological polar surface area (TPSA) is 159 Å². The molecule has 0 unspecified atom stereocenters. The number of nitrogens with one attached hydrogen (secondary N) is 1. The first-order valence-electron chi connectivity index (χ1n) is 14.8. The Labute approximate surface area is 275 Å². The average molecular weight is 639 g/mol. The fourth-order valence-electron chi connectivity index (χ4n) is 3.78. The molecule has 46 heavy (non-hydrogen) atoms. The van der Waals surface area contributed by atoms with Gasteiger partial charge in [-0.05, 0) is 81.3 Å². The standard InChI is InChI=1S/C27H37NO4.C8H9NO3.2CH4/c1-2-3-4-5-6-7-8-9-10-11-12-13-14-15-16-17-18-19-26(30)28-23-20-21-25(29)24(22-23)27(31)32;1-12-8(11)6-4-5(9)2-3-7(6)10;;/h6-7,9-10,12-13,15-16,20-22,29H,2-5,8,11,14,17-19H2,1H3,(H,28,30)(H,31,32);2-4,10H,9H2,1H3;2*1H4/b7-6-,10-9-,13-12-,16-15-;;;. The Morgan fingerprint density at radius 1 is 0.761 bits per heavy atom. The fourth-order valence-corrected chi connectivity index (χ4v) is 3.78. The number of amides is 1. The van der Waals surface area contributed by atoms with E-state index >= 15 is 0 Å². The van der Waals surface area contributed by atoms with Gasteiger partial charge in [-0.3, -0.25) is 4.79 Å². The number of aromatic carboxylic acids is 1. The van der Waals surface area contributed by atoms with Crippen LogP contribution in [0, 0.1) is 0 Å². The van der Waals surface area contributed by atoms with E-state index < -0.39 is 11.9 Å². The number of carbonyl (C=O) groups is 3. The number of carboxylic acids is 1. The molecule has 0 spiro atoms. The Morgan fingerprint density at radius 2 is 1.28 bits per heavy atom. The van der Waals surface area contributed by atoms with Gasteiger partial charge in [0.05, 0.1) is 7.11 Å². The van der Waals surface area contributed by atoms with Crippen LogP contribution in [0.15, 0.2) is 85.0 Å². The molecule has 0 atom stereocenters. The van der Waals surface area contributed by atoms with E-state index in [1.807, 2.05) is 0 Å². The predicted molar refractivity (Wildman–Crippen MR) is 189 cm³/mol. The molecule has 6 N–H and O–H groups in total. The summed E-state index contributed by atoms with van der Waals surface area (Å²) in [4.78, 5) is 33.9. The zero-order valence-electron chi connectivity index (χ0n) is 25.7. The molecule has 0 saturated heterocycles. The number of ether oxygens (including phenoxy) is 1. The highest BCUT2D eigenvalue weighted by Gasteiger charge is 2.12. The molecule has 1 amide bonds. The molecule has 2 aromatic carbocycles. The molecule has 254 valence electrons. The predicted octanol–water partition coefficient (Wildman–Crippen LogP) is 9.21. The Kier molecular flexibility index (Phi) is 25.1. The highest BCUT2D eigenvalue weighted by Crippen LogP contribution is 2.22. The number of benzene rings is 2. The van der Waals surface area contributed by atoms with Crippen molar-refractivity contribution >= 4 is 29.2 Å². The van der Waals surface area contributed by atoms with E-state index in [4.69, 9.17) is 10.8 Å². The number of phenolic OH excluding ortho intramolecular Hbond substituents is 1. The van der Waals surface area contributed by atoms with Crippen molar-refractivity contribution in [3.63, 3.8) is 0 Å². The first-order valence-corrected chi connectivity index (χ1v) is 14.8. The molecule has 0 aliphatic carbocycles. The third-order valence-electron chi connectivity index (χ3n) is 6.17. The summed E-state index contributed by atoms with van der Waals surface area (Å²) in [6, 6.07) is 8.21. The number of rotatable bonds is 17. The number of hydrogen-bond acceptors (Lipinski definition) is 7. The number of esters is 1. The second-order valence-electron chi connectivity index (χ2n) is 9.83. The summed E-state index contributed by atoms with van der Waals surface area (Å²) >= 11 is 0. The molecule has 0 heterocycles. The second kappa shape index (κ2) is 26.6. The van der Waals surface area contributed by atoms with Gasteiger partial charge in [-0.25, -0.2) is 9.59 Å². The van der Waals surface area contributed by atoms with Gasteiger partial charge in [-0.1, -0.05) is 83.2 Å². The van der Waals surface area contributed by atoms with Crippen LogP contribution in [0.2, 0.25) is 0 Å². The van der Waals surface area contributed by atoms with Crippen LogP contribution in [0.3, 0.4) is 0 Å². The van der Waals surface area contributed by atoms with Crippen LogP contribution in [0.1, 0.15) is 107 Å². The molecule has 0 aromatic heterocycles. The number of carboxylic acid groups (broad SMARTS) is 1. The van der Waals surface area contributed by atoms with E-state index in [-0.39, 0.29) is 43.4 Å². The first kappa shape index (κ1) is 43.3. The molecule has 0 aliphatic rings. The van der Waals surface area contributed by atoms with Gasteiger partial charge in [0, 0.05) is 17.8 Å². The molecule has 0 aliphatic heterocycles. The maximum Gasteiger partial charge on any atom is 0.341 e. The van der Waals surface area contributed by atoms with Crippen molar-refractivity contribution in [3.05, 3.63) is 96.1 Å². The van der Waals surface area contributed by atoms with Crippen LogP contribution in [0.5, 0.6) is 11.5 Å². The number of unbranched alkanes of at least 4 members (excludes halogenated alkanes) is 4. The summed E-state index contributed by atoms with van der Waals surface area (Å²) in [6.45, 7) is 2.22. The number of carbonyl (C=O) groups excluding carboxylic acids is 2. The fraction of sp³-hybridized carbons (Fsp3) is 0.378. The lowest BCUT2D eigenvalue weighted by atomic mass is 10.1. The van der Waals surface area contributed by atoms with Crippen molar-refractivity contribution in [3.8, 4) is 11.5 Å². The lowest BCUT2D eigenvalue weighted by molar-refractivity contribution is -0.116. The molecule has 9 heteroatoms. The number of hydrogen-bond donors (Lipinski definition) is 5. The minimum Gasteiger partial charge on any atom is -0.507 e. The van der Waals surface area contributed by atoms with Gasteiger partial charge in [0.2, 0.25) is 5.91 Å². The Balaban J connectivity index is 0. The van der Waals surface area contributed by atoms with E-state index in [2.05, 4.69) is 65.6 Å². The normalized spacial score (nSPS) is 10.7. The Bertz CT molecular complexity index is 1300. The largest absolute Gasteiger partial charge is 0.507 e. The minimum absolute atomic E-state index is 0. The van der Waals surface area contributed by atoms with Crippen molar-refractivity contribution in [2.24, 2.45) is 0 Å². The molecule has 0 bridgehead atoms. The van der Waals surface area contributed by atoms with E-state index in [0.29, 0.717) is 24.2 Å². The number of aromatic hydroxyl groups is 2. The summed E-state index contributed by atoms with van der Waals surface area (Å²) in [5.41, 5.74) is 6.02. The molecular formula is C37H54N2O7. The summed E-state index contributed by atoms with van der Waals surface area (Å²) in [5, 5.41) is 30.3. The van der Waals surface area contributed by atoms with Gasteiger partial charge in [0.1, 0.15) is 22.6 Å². The summed E-state index contributed by atoms with van der Waals surface area (Å²) in [5.74, 6) is -2.46. The molecular weight excluding hydrogens is 584 g/mol. The van der Waals surface area contributed by atoms with Crippen molar-refractivity contribution in [1.82, 2.24) is 0 Å². The second-order valence-corrected chi connectivity index (χ2v) is 9.83. The number of allylic oxidation sites excluding steroid dienone is 8. The third kappa shape index (κ3) is 19.5. The van der Waals surface area contributed by atoms with Gasteiger partial charge in [-0.2, -0.15) is 0 Å². The van der Waals surface area contributed by atoms with Crippen LogP contribution >= 0.6 is 0 Å². The quantitative estimate of drug-likeness (QED) is 0.0377. The molecule has 2 rings (SSSR count). The maximum absolute atomic E-state index is 12.0. The SMILES string of the molecule is C.C.CCCCC/C=C\C/C=C\C/C=C\C/C=C\CCCC(=O)Nc1ccc(O)c(C(=O)O)c1.COC(=O)c1cc(N)ccc1O. The number of phenols is 2. The van der Waals surface area contributed by atoms with Gasteiger partial charge in [0.15, 0.2) is 0 Å². The van der Waals surface area contributed by atoms with Crippen molar-refractivity contribution in [2.45, 2.75) is 86.0 Å². The molecule has 0 radical (unpaired) electrons. The van der Waals surface area contributed by atoms with E-state index in [1.165, 1.54) is 69.2 Å². The van der Waals surface area contributed by atoms with E-state index in [0.717, 1.165) is 25.7 Å². The van der Waals surface area contributed by atoms with Crippen LogP contribution in [0.25, 0.3) is 0 Å². The lowest BCUT2D eigenvalue weighted by Crippen LogP contribution is -2.11. The average Bonchev–Trinajstić information content (AvgIpc) is 3.00. The van der Waals surface area contributed by atoms with Gasteiger partial charge < -0.3 is 31.1 Å². The van der Waals surface area contributed by atoms with Crippen LogP contribution in [-0.4, -0.2) is 40.3 Å². The third-order valence-corrected chi connectivity index (χ3v) is 6.17. The Hall–Kier alpha value is -4.79. The smallest absolute Gasteiger partial charge is 0.341 e. The van der Waals surface area contributed by atoms with Crippen molar-refractivity contribution in [2.75, 3.05) is 18.2 Å². The first-order chi connectivity index (χ1) is 21.2. The van der Waals surface area contributed by atoms with E-state index in [9.17, 15) is 24.6 Å². The maximum atomic E-state index is 12.0. The van der Waals surface area contributed by atoms with E-state index in [1.54, 1.807) is 0 Å². The van der Waals surface area contributed by atoms with Crippen LogP contribution in [0.4, 0.5) is 11.4 Å². The number of nitrogen functional groups attached to an aromatic ring is 1. The monoisotopic (exact) mass is 638 g/mol. The van der Waals surface area contributed by atoms with Crippen molar-refractivity contribution < 1.29 is 34.4 Å². The van der Waals surface area contributed by atoms with Gasteiger partial charge in [-0.15, -0.1) is 0 Å². The molecule has 0 saturated carbocycles. The van der Waals surface area contributed by atoms with Crippen LogP contribution < -0.4 is 11.1 Å². The van der Waals surface area contributed by atoms with Gasteiger partial charge in [0.25, 0.3) is 0 Å². The summed E-state index contributed by atoms with van der Waals surface area (Å²) in [6.07, 6.45) is 27.1. The summed E-state index contributed by atoms with van der Waals surface area (Å²) < 4.78 is 4.42. The minimum atomic E-state index is -1.24. The van der Waals surface area contributed by atoms with Crippen LogP contribution in [-0.2, 0) is 9.53 Å². The van der Waals surface area contributed by atoms with Crippen molar-refractivity contribution in [1.29, 1.82) is 0 Å². The zero-order valence-corrected chi connectivity index (χ0v) is 25.7. The number of methoxy groups -OCH3 is 1. The highest BCUT2D eigenvalue weighted by molar-refractivity contribution is 5.95. The van der Waals surface area contributed by atoms with Gasteiger partial charge >= 0.3 is 11.9 Å². The highest BCUT2D eigenvalue weighted by atomic mass is 16.5. The molecule has 2 aromatic rings. The Morgan fingerprint density at radius 3 is 1.83 bits per heavy atom. The zero-order chi connectivity index (χ0) is 32.6. The molecule has 0 fully saturated rings.